The van der Waals surface area contributed by atoms with Crippen LogP contribution in [0.25, 0.3) is 0 Å². The first-order chi connectivity index (χ1) is 12.9. The van der Waals surface area contributed by atoms with Gasteiger partial charge in [-0.05, 0) is 37.9 Å². The van der Waals surface area contributed by atoms with Crippen LogP contribution in [0.3, 0.4) is 0 Å². The number of rotatable bonds is 6. The average molecular weight is 383 g/mol. The Bertz CT molecular complexity index is 892. The zero-order chi connectivity index (χ0) is 19.6. The molecule has 0 spiro atoms. The summed E-state index contributed by atoms with van der Waals surface area (Å²) in [6.07, 6.45) is 0. The van der Waals surface area contributed by atoms with Crippen LogP contribution < -0.4 is 0 Å². The van der Waals surface area contributed by atoms with Gasteiger partial charge in [0.15, 0.2) is 10.5 Å². The Morgan fingerprint density at radius 2 is 1.48 bits per heavy atom. The van der Waals surface area contributed by atoms with Crippen LogP contribution in [-0.2, 0) is 9.53 Å². The molecule has 27 heavy (non-hydrogen) atoms. The first-order valence-corrected chi connectivity index (χ1v) is 9.11. The van der Waals surface area contributed by atoms with Gasteiger partial charge in [-0.1, -0.05) is 42.5 Å². The molecule has 3 rings (SSSR count). The molecule has 1 aliphatic rings. The molecule has 0 saturated carbocycles. The quantitative estimate of drug-likeness (QED) is 0.251. The first-order valence-electron chi connectivity index (χ1n) is 8.34. The molecular formula is C20H17NO5S. The monoisotopic (exact) mass is 383 g/mol. The van der Waals surface area contributed by atoms with Gasteiger partial charge in [-0.3, -0.25) is 14.4 Å². The highest BCUT2D eigenvalue weighted by Gasteiger charge is 2.50. The molecule has 0 fully saturated rings. The number of ketones is 1. The number of carbonyl (C=O) groups is 4. The van der Waals surface area contributed by atoms with Crippen LogP contribution in [-0.4, -0.2) is 39.2 Å². The smallest absolute Gasteiger partial charge is 0.331 e. The van der Waals surface area contributed by atoms with Crippen LogP contribution in [0.1, 0.15) is 44.9 Å². The Labute approximate surface area is 160 Å². The normalized spacial score (nSPS) is 15.3. The fourth-order valence-electron chi connectivity index (χ4n) is 2.74. The highest BCUT2D eigenvalue weighted by molar-refractivity contribution is 8.01. The maximum atomic E-state index is 13.1. The number of amides is 2. The van der Waals surface area contributed by atoms with Gasteiger partial charge in [0.05, 0.1) is 17.7 Å². The predicted molar refractivity (Wildman–Crippen MR) is 100 cm³/mol. The summed E-state index contributed by atoms with van der Waals surface area (Å²) < 4.78 is 4.15. The second-order valence-electron chi connectivity index (χ2n) is 5.99. The van der Waals surface area contributed by atoms with Gasteiger partial charge in [-0.2, -0.15) is 0 Å². The maximum absolute atomic E-state index is 13.1. The van der Waals surface area contributed by atoms with Gasteiger partial charge in [-0.25, -0.2) is 9.10 Å². The number of hydrogen-bond donors (Lipinski definition) is 0. The van der Waals surface area contributed by atoms with Crippen molar-refractivity contribution in [1.82, 2.24) is 4.31 Å². The van der Waals surface area contributed by atoms with E-state index in [4.69, 9.17) is 4.74 Å². The topological polar surface area (TPSA) is 80.8 Å². The van der Waals surface area contributed by atoms with Crippen molar-refractivity contribution in [3.63, 3.8) is 0 Å². The third-order valence-corrected chi connectivity index (χ3v) is 5.40. The molecule has 2 amide bonds. The fourth-order valence-corrected chi connectivity index (χ4v) is 3.80. The van der Waals surface area contributed by atoms with E-state index in [9.17, 15) is 19.2 Å². The number of carbonyl (C=O) groups excluding carboxylic acids is 4. The summed E-state index contributed by atoms with van der Waals surface area (Å²) in [5, 5.41) is 0. The van der Waals surface area contributed by atoms with Gasteiger partial charge in [0.2, 0.25) is 0 Å². The number of nitrogens with zero attached hydrogens (tertiary/aromatic N) is 1. The van der Waals surface area contributed by atoms with E-state index in [2.05, 4.69) is 0 Å². The number of benzene rings is 2. The van der Waals surface area contributed by atoms with Crippen molar-refractivity contribution in [1.29, 1.82) is 0 Å². The molecule has 0 radical (unpaired) electrons. The summed E-state index contributed by atoms with van der Waals surface area (Å²) in [6.45, 7) is 3.06. The van der Waals surface area contributed by atoms with Gasteiger partial charge in [0.25, 0.3) is 11.8 Å². The van der Waals surface area contributed by atoms with Crippen LogP contribution in [0, 0.1) is 0 Å². The van der Waals surface area contributed by atoms with Crippen LogP contribution in [0.2, 0.25) is 0 Å². The summed E-state index contributed by atoms with van der Waals surface area (Å²) in [6, 6.07) is 14.6. The van der Waals surface area contributed by atoms with Crippen molar-refractivity contribution in [2.75, 3.05) is 6.61 Å². The lowest BCUT2D eigenvalue weighted by atomic mass is 9.98. The SMILES string of the molecule is CCOC(=O)C(C)(SN1C(=O)c2ccccc2C1=O)C(=O)c1ccccc1. The number of ether oxygens (including phenoxy) is 1. The largest absolute Gasteiger partial charge is 0.465 e. The molecule has 138 valence electrons. The second kappa shape index (κ2) is 7.36. The summed E-state index contributed by atoms with van der Waals surface area (Å²) in [5.41, 5.74) is 0.777. The molecule has 0 saturated heterocycles. The number of hydrogen-bond acceptors (Lipinski definition) is 6. The summed E-state index contributed by atoms with van der Waals surface area (Å²) in [4.78, 5) is 51.0. The van der Waals surface area contributed by atoms with Gasteiger partial charge in [-0.15, -0.1) is 0 Å². The fraction of sp³-hybridized carbons (Fsp3) is 0.200. The molecule has 1 heterocycles. The van der Waals surface area contributed by atoms with Crippen molar-refractivity contribution < 1.29 is 23.9 Å². The molecule has 0 aromatic heterocycles. The van der Waals surface area contributed by atoms with E-state index in [1.54, 1.807) is 49.4 Å². The van der Waals surface area contributed by atoms with Crippen LogP contribution in [0.4, 0.5) is 0 Å². The summed E-state index contributed by atoms with van der Waals surface area (Å²) in [5.74, 6) is -2.46. The van der Waals surface area contributed by atoms with Crippen molar-refractivity contribution >= 4 is 35.5 Å². The zero-order valence-corrected chi connectivity index (χ0v) is 15.6. The van der Waals surface area contributed by atoms with Gasteiger partial charge >= 0.3 is 5.97 Å². The standard InChI is InChI=1S/C20H17NO5S/c1-3-26-19(25)20(2,16(22)13-9-5-4-6-10-13)27-21-17(23)14-11-7-8-12-15(14)18(21)24/h4-12H,3H2,1-2H3. The third-order valence-electron chi connectivity index (χ3n) is 4.16. The van der Waals surface area contributed by atoms with Crippen LogP contribution >= 0.6 is 11.9 Å². The highest BCUT2D eigenvalue weighted by Crippen LogP contribution is 2.38. The Hall–Kier alpha value is -2.93. The van der Waals surface area contributed by atoms with Crippen molar-refractivity contribution in [3.8, 4) is 0 Å². The molecule has 7 heteroatoms. The second-order valence-corrected chi connectivity index (χ2v) is 7.35. The van der Waals surface area contributed by atoms with E-state index in [0.29, 0.717) is 11.9 Å². The molecule has 1 aliphatic heterocycles. The predicted octanol–water partition coefficient (Wildman–Crippen LogP) is 3.14. The van der Waals surface area contributed by atoms with Crippen molar-refractivity contribution in [3.05, 3.63) is 71.3 Å². The molecule has 0 N–H and O–H groups in total. The molecule has 1 atom stereocenters. The molecule has 6 nitrogen and oxygen atoms in total. The number of esters is 1. The summed E-state index contributed by atoms with van der Waals surface area (Å²) in [7, 11) is 0. The lowest BCUT2D eigenvalue weighted by Gasteiger charge is -2.28. The molecule has 2 aromatic carbocycles. The lowest BCUT2D eigenvalue weighted by Crippen LogP contribution is -2.46. The van der Waals surface area contributed by atoms with E-state index in [1.807, 2.05) is 0 Å². The van der Waals surface area contributed by atoms with Crippen LogP contribution in [0.5, 0.6) is 0 Å². The first kappa shape index (κ1) is 18.8. The summed E-state index contributed by atoms with van der Waals surface area (Å²) >= 11 is 0.589. The Morgan fingerprint density at radius 3 is 2.00 bits per heavy atom. The van der Waals surface area contributed by atoms with Crippen molar-refractivity contribution in [2.24, 2.45) is 0 Å². The zero-order valence-electron chi connectivity index (χ0n) is 14.8. The minimum absolute atomic E-state index is 0.0686. The van der Waals surface area contributed by atoms with E-state index < -0.39 is 28.3 Å². The van der Waals surface area contributed by atoms with Gasteiger partial charge < -0.3 is 4.74 Å². The van der Waals surface area contributed by atoms with Crippen molar-refractivity contribution in [2.45, 2.75) is 18.6 Å². The number of Topliss-reactive ketones (excluding diaryl/α,β-unsaturated/α-hetero) is 1. The van der Waals surface area contributed by atoms with Crippen LogP contribution in [0.15, 0.2) is 54.6 Å². The minimum atomic E-state index is -1.79. The van der Waals surface area contributed by atoms with Gasteiger partial charge in [0.1, 0.15) is 0 Å². The van der Waals surface area contributed by atoms with E-state index in [-0.39, 0.29) is 23.3 Å². The molecule has 2 aromatic rings. The van der Waals surface area contributed by atoms with E-state index in [1.165, 1.54) is 19.1 Å². The average Bonchev–Trinajstić information content (AvgIpc) is 2.93. The number of imide groups is 1. The maximum Gasteiger partial charge on any atom is 0.331 e. The molecule has 0 aliphatic carbocycles. The Kier molecular flexibility index (Phi) is 5.14. The minimum Gasteiger partial charge on any atom is -0.465 e. The lowest BCUT2D eigenvalue weighted by molar-refractivity contribution is -0.144. The molecular weight excluding hydrogens is 366 g/mol. The Morgan fingerprint density at radius 1 is 0.963 bits per heavy atom. The van der Waals surface area contributed by atoms with E-state index in [0.717, 1.165) is 4.31 Å². The Balaban J connectivity index is 1.98. The number of fused-ring (bicyclic) bond motifs is 1. The third kappa shape index (κ3) is 3.26. The molecule has 1 unspecified atom stereocenters. The highest BCUT2D eigenvalue weighted by atomic mass is 32.2. The molecule has 0 bridgehead atoms. The van der Waals surface area contributed by atoms with E-state index >= 15 is 0 Å². The van der Waals surface area contributed by atoms with Gasteiger partial charge in [0, 0.05) is 5.56 Å².